The lowest BCUT2D eigenvalue weighted by molar-refractivity contribution is 0.527. The van der Waals surface area contributed by atoms with Crippen molar-refractivity contribution in [1.82, 2.24) is 4.72 Å². The number of nitrogens with one attached hydrogen (secondary N) is 1. The average molecular weight is 331 g/mol. The Morgan fingerprint density at radius 1 is 1.24 bits per heavy atom. The van der Waals surface area contributed by atoms with Gasteiger partial charge in [-0.2, -0.15) is 0 Å². The molecule has 0 aromatic heterocycles. The van der Waals surface area contributed by atoms with Crippen LogP contribution in [0.25, 0.3) is 0 Å². The lowest BCUT2D eigenvalue weighted by Gasteiger charge is -2.10. The Balaban J connectivity index is 1.94. The molecule has 1 unspecified atom stereocenters. The molecule has 1 atom stereocenters. The molecule has 21 heavy (non-hydrogen) atoms. The second-order valence-corrected chi connectivity index (χ2v) is 9.70. The number of hydrogen-bond donors (Lipinski definition) is 1. The summed E-state index contributed by atoms with van der Waals surface area (Å²) in [6, 6.07) is 5.02. The summed E-state index contributed by atoms with van der Waals surface area (Å²) in [5, 5.41) is 0. The molecule has 118 valence electrons. The van der Waals surface area contributed by atoms with Gasteiger partial charge < -0.3 is 0 Å². The van der Waals surface area contributed by atoms with E-state index >= 15 is 0 Å². The molecule has 0 spiro atoms. The van der Waals surface area contributed by atoms with E-state index in [0.29, 0.717) is 12.8 Å². The van der Waals surface area contributed by atoms with Crippen molar-refractivity contribution < 1.29 is 16.8 Å². The van der Waals surface area contributed by atoms with E-state index in [-0.39, 0.29) is 28.9 Å². The SMILES string of the molecule is Cc1ccc(S(=O)(=O)NCCC2CCS(=O)(=O)C2)cc1C. The highest BCUT2D eigenvalue weighted by Gasteiger charge is 2.27. The van der Waals surface area contributed by atoms with Gasteiger partial charge in [0.1, 0.15) is 0 Å². The second-order valence-electron chi connectivity index (χ2n) is 5.70. The van der Waals surface area contributed by atoms with E-state index in [2.05, 4.69) is 4.72 Å². The third kappa shape index (κ3) is 4.28. The van der Waals surface area contributed by atoms with Crippen LogP contribution in [0.15, 0.2) is 23.1 Å². The normalized spacial score (nSPS) is 21.5. The minimum Gasteiger partial charge on any atom is -0.229 e. The van der Waals surface area contributed by atoms with Crippen molar-refractivity contribution >= 4 is 19.9 Å². The summed E-state index contributed by atoms with van der Waals surface area (Å²) >= 11 is 0. The van der Waals surface area contributed by atoms with E-state index in [4.69, 9.17) is 0 Å². The van der Waals surface area contributed by atoms with Crippen LogP contribution in [0.2, 0.25) is 0 Å². The molecule has 5 nitrogen and oxygen atoms in total. The van der Waals surface area contributed by atoms with Gasteiger partial charge >= 0.3 is 0 Å². The molecule has 1 fully saturated rings. The van der Waals surface area contributed by atoms with Crippen LogP contribution in [-0.2, 0) is 19.9 Å². The van der Waals surface area contributed by atoms with E-state index < -0.39 is 19.9 Å². The van der Waals surface area contributed by atoms with Gasteiger partial charge in [-0.25, -0.2) is 21.6 Å². The largest absolute Gasteiger partial charge is 0.240 e. The summed E-state index contributed by atoms with van der Waals surface area (Å²) in [6.45, 7) is 4.08. The van der Waals surface area contributed by atoms with Gasteiger partial charge in [-0.1, -0.05) is 6.07 Å². The molecule has 1 aromatic rings. The monoisotopic (exact) mass is 331 g/mol. The first-order valence-electron chi connectivity index (χ1n) is 6.97. The summed E-state index contributed by atoms with van der Waals surface area (Å²) in [6.07, 6.45) is 1.19. The third-order valence-corrected chi connectivity index (χ3v) is 7.26. The smallest absolute Gasteiger partial charge is 0.229 e. The molecule has 2 rings (SSSR count). The Morgan fingerprint density at radius 3 is 2.52 bits per heavy atom. The highest BCUT2D eigenvalue weighted by atomic mass is 32.2. The van der Waals surface area contributed by atoms with Crippen LogP contribution in [0, 0.1) is 19.8 Å². The number of aryl methyl sites for hydroxylation is 2. The molecule has 0 radical (unpaired) electrons. The fourth-order valence-electron chi connectivity index (χ4n) is 2.46. The first-order chi connectivity index (χ1) is 9.70. The summed E-state index contributed by atoms with van der Waals surface area (Å²) in [5.41, 5.74) is 1.98. The van der Waals surface area contributed by atoms with Gasteiger partial charge in [-0.15, -0.1) is 0 Å². The van der Waals surface area contributed by atoms with Crippen molar-refractivity contribution in [2.75, 3.05) is 18.1 Å². The highest BCUT2D eigenvalue weighted by molar-refractivity contribution is 7.91. The summed E-state index contributed by atoms with van der Waals surface area (Å²) < 4.78 is 49.6. The van der Waals surface area contributed by atoms with E-state index in [1.54, 1.807) is 18.2 Å². The standard InChI is InChI=1S/C14H21NO4S2/c1-11-3-4-14(9-12(11)2)21(18,19)15-7-5-13-6-8-20(16,17)10-13/h3-4,9,13,15H,5-8,10H2,1-2H3. The van der Waals surface area contributed by atoms with Crippen LogP contribution >= 0.6 is 0 Å². The maximum Gasteiger partial charge on any atom is 0.240 e. The Kier molecular flexibility index (Phi) is 4.75. The first kappa shape index (κ1) is 16.5. The maximum atomic E-state index is 12.2. The Hall–Kier alpha value is -0.920. The van der Waals surface area contributed by atoms with Crippen LogP contribution in [0.5, 0.6) is 0 Å². The number of sulfone groups is 1. The fourth-order valence-corrected chi connectivity index (χ4v) is 5.50. The van der Waals surface area contributed by atoms with Gasteiger partial charge in [-0.3, -0.25) is 0 Å². The molecule has 1 heterocycles. The Labute approximate surface area is 126 Å². The molecule has 1 aliphatic rings. The molecule has 1 saturated heterocycles. The number of sulfonamides is 1. The lowest BCUT2D eigenvalue weighted by atomic mass is 10.1. The predicted octanol–water partition coefficient (Wildman–Crippen LogP) is 1.41. The fraction of sp³-hybridized carbons (Fsp3) is 0.571. The quantitative estimate of drug-likeness (QED) is 0.884. The molecule has 7 heteroatoms. The molecule has 1 aromatic carbocycles. The maximum absolute atomic E-state index is 12.2. The predicted molar refractivity (Wildman–Crippen MR) is 82.5 cm³/mol. The van der Waals surface area contributed by atoms with Gasteiger partial charge in [0.2, 0.25) is 10.0 Å². The van der Waals surface area contributed by atoms with E-state index in [9.17, 15) is 16.8 Å². The zero-order valence-corrected chi connectivity index (χ0v) is 13.9. The van der Waals surface area contributed by atoms with Crippen LogP contribution in [0.3, 0.4) is 0 Å². The van der Waals surface area contributed by atoms with Crippen molar-refractivity contribution in [3.05, 3.63) is 29.3 Å². The Morgan fingerprint density at radius 2 is 1.95 bits per heavy atom. The summed E-state index contributed by atoms with van der Waals surface area (Å²) in [4.78, 5) is 0.254. The van der Waals surface area contributed by atoms with Crippen LogP contribution in [-0.4, -0.2) is 34.9 Å². The van der Waals surface area contributed by atoms with Crippen LogP contribution < -0.4 is 4.72 Å². The van der Waals surface area contributed by atoms with Crippen LogP contribution in [0.1, 0.15) is 24.0 Å². The summed E-state index contributed by atoms with van der Waals surface area (Å²) in [7, 11) is -6.42. The van der Waals surface area contributed by atoms with Crippen molar-refractivity contribution in [1.29, 1.82) is 0 Å². The topological polar surface area (TPSA) is 80.3 Å². The van der Waals surface area contributed by atoms with E-state index in [0.717, 1.165) is 11.1 Å². The number of rotatable bonds is 5. The molecular formula is C14H21NO4S2. The molecule has 0 aliphatic carbocycles. The molecule has 1 N–H and O–H groups in total. The van der Waals surface area contributed by atoms with Gasteiger partial charge in [0.05, 0.1) is 16.4 Å². The van der Waals surface area contributed by atoms with Gasteiger partial charge in [0.25, 0.3) is 0 Å². The van der Waals surface area contributed by atoms with Crippen molar-refractivity contribution in [2.45, 2.75) is 31.6 Å². The lowest BCUT2D eigenvalue weighted by Crippen LogP contribution is -2.26. The van der Waals surface area contributed by atoms with Crippen molar-refractivity contribution in [3.63, 3.8) is 0 Å². The minimum absolute atomic E-state index is 0.0671. The van der Waals surface area contributed by atoms with Crippen molar-refractivity contribution in [2.24, 2.45) is 5.92 Å². The highest BCUT2D eigenvalue weighted by Crippen LogP contribution is 2.21. The minimum atomic E-state index is -3.52. The van der Waals surface area contributed by atoms with E-state index in [1.807, 2.05) is 13.8 Å². The second kappa shape index (κ2) is 6.06. The van der Waals surface area contributed by atoms with Gasteiger partial charge in [-0.05, 0) is 55.9 Å². The Bertz CT molecular complexity index is 723. The average Bonchev–Trinajstić information content (AvgIpc) is 2.72. The molecule has 0 bridgehead atoms. The van der Waals surface area contributed by atoms with E-state index in [1.165, 1.54) is 0 Å². The zero-order chi connectivity index (χ0) is 15.7. The van der Waals surface area contributed by atoms with Gasteiger partial charge in [0, 0.05) is 6.54 Å². The van der Waals surface area contributed by atoms with Gasteiger partial charge in [0.15, 0.2) is 9.84 Å². The molecular weight excluding hydrogens is 310 g/mol. The molecule has 0 saturated carbocycles. The number of hydrogen-bond acceptors (Lipinski definition) is 4. The first-order valence-corrected chi connectivity index (χ1v) is 10.3. The summed E-state index contributed by atoms with van der Waals surface area (Å²) in [5.74, 6) is 0.470. The zero-order valence-electron chi connectivity index (χ0n) is 12.3. The third-order valence-electron chi connectivity index (χ3n) is 3.96. The number of benzene rings is 1. The van der Waals surface area contributed by atoms with Crippen molar-refractivity contribution in [3.8, 4) is 0 Å². The molecule has 0 amide bonds. The van der Waals surface area contributed by atoms with Crippen LogP contribution in [0.4, 0.5) is 0 Å². The molecule has 1 aliphatic heterocycles.